The number of anilines is 3. The van der Waals surface area contributed by atoms with Crippen molar-refractivity contribution in [1.29, 1.82) is 0 Å². The maximum atomic E-state index is 12.6. The van der Waals surface area contributed by atoms with Crippen LogP contribution in [0.1, 0.15) is 53.4 Å². The molecule has 0 atom stereocenters. The van der Waals surface area contributed by atoms with Crippen LogP contribution in [-0.4, -0.2) is 35.6 Å². The summed E-state index contributed by atoms with van der Waals surface area (Å²) in [4.78, 5) is 25.9. The van der Waals surface area contributed by atoms with Gasteiger partial charge in [-0.15, -0.1) is 11.3 Å². The van der Waals surface area contributed by atoms with Crippen molar-refractivity contribution in [1.82, 2.24) is 9.97 Å². The molecule has 1 fully saturated rings. The Labute approximate surface area is 181 Å². The van der Waals surface area contributed by atoms with Gasteiger partial charge in [0.25, 0.3) is 0 Å². The van der Waals surface area contributed by atoms with Gasteiger partial charge in [-0.1, -0.05) is 25.0 Å². The number of thiophene rings is 1. The van der Waals surface area contributed by atoms with E-state index in [0.29, 0.717) is 18.0 Å². The highest BCUT2D eigenvalue weighted by Gasteiger charge is 2.24. The molecular formula is C23H28N4O2S. The molecule has 30 heavy (non-hydrogen) atoms. The number of hydrogen-bond acceptors (Lipinski definition) is 7. The summed E-state index contributed by atoms with van der Waals surface area (Å²) in [5, 5.41) is 4.22. The third-order valence-electron chi connectivity index (χ3n) is 5.55. The molecule has 0 bridgehead atoms. The molecule has 1 aliphatic heterocycles. The zero-order chi connectivity index (χ0) is 21.1. The number of benzene rings is 1. The molecule has 4 rings (SSSR count). The predicted octanol–water partition coefficient (Wildman–Crippen LogP) is 5.61. The van der Waals surface area contributed by atoms with Crippen molar-refractivity contribution in [3.63, 3.8) is 0 Å². The highest BCUT2D eigenvalue weighted by atomic mass is 32.1. The first-order valence-corrected chi connectivity index (χ1v) is 11.5. The van der Waals surface area contributed by atoms with Crippen LogP contribution in [0.4, 0.5) is 16.6 Å². The minimum absolute atomic E-state index is 0.299. The molecule has 2 aromatic heterocycles. The summed E-state index contributed by atoms with van der Waals surface area (Å²) in [6.45, 7) is 8.10. The molecule has 3 aromatic rings. The first-order chi connectivity index (χ1) is 14.6. The molecule has 1 saturated heterocycles. The molecular weight excluding hydrogens is 396 g/mol. The lowest BCUT2D eigenvalue weighted by molar-refractivity contribution is 0.0527. The predicted molar refractivity (Wildman–Crippen MR) is 123 cm³/mol. The Hall–Kier alpha value is -2.67. The minimum Gasteiger partial charge on any atom is -0.462 e. The Kier molecular flexibility index (Phi) is 6.18. The number of ether oxygens (including phenoxy) is 1. The number of esters is 1. The first-order valence-electron chi connectivity index (χ1n) is 10.6. The Morgan fingerprint density at radius 1 is 1.10 bits per heavy atom. The topological polar surface area (TPSA) is 67.3 Å². The van der Waals surface area contributed by atoms with E-state index in [9.17, 15) is 4.79 Å². The number of nitrogens with one attached hydrogen (secondary N) is 1. The highest BCUT2D eigenvalue weighted by Crippen LogP contribution is 2.37. The van der Waals surface area contributed by atoms with E-state index in [1.165, 1.54) is 12.8 Å². The maximum Gasteiger partial charge on any atom is 0.341 e. The average molecular weight is 425 g/mol. The average Bonchev–Trinajstić information content (AvgIpc) is 2.92. The third kappa shape index (κ3) is 4.12. The van der Waals surface area contributed by atoms with Crippen molar-refractivity contribution in [3.8, 4) is 0 Å². The van der Waals surface area contributed by atoms with Crippen molar-refractivity contribution < 1.29 is 9.53 Å². The van der Waals surface area contributed by atoms with E-state index in [1.807, 2.05) is 45.0 Å². The van der Waals surface area contributed by atoms with Crippen molar-refractivity contribution in [2.45, 2.75) is 46.5 Å². The number of carbonyl (C=O) groups excluding carboxylic acids is 1. The van der Waals surface area contributed by atoms with Gasteiger partial charge in [-0.2, -0.15) is 0 Å². The van der Waals surface area contributed by atoms with E-state index in [4.69, 9.17) is 14.7 Å². The molecule has 0 saturated carbocycles. The Bertz CT molecular complexity index is 1050. The molecule has 0 spiro atoms. The van der Waals surface area contributed by atoms with Gasteiger partial charge in [0, 0.05) is 18.0 Å². The number of para-hydroxylation sites is 2. The van der Waals surface area contributed by atoms with Gasteiger partial charge in [0.05, 0.1) is 23.2 Å². The summed E-state index contributed by atoms with van der Waals surface area (Å²) in [5.41, 5.74) is 3.26. The summed E-state index contributed by atoms with van der Waals surface area (Å²) < 4.78 is 5.32. The molecule has 0 unspecified atom stereocenters. The number of hydrogen-bond donors (Lipinski definition) is 1. The lowest BCUT2D eigenvalue weighted by Gasteiger charge is -2.24. The van der Waals surface area contributed by atoms with E-state index in [0.717, 1.165) is 58.2 Å². The van der Waals surface area contributed by atoms with Crippen molar-refractivity contribution in [2.75, 3.05) is 29.9 Å². The lowest BCUT2D eigenvalue weighted by atomic mass is 10.1. The summed E-state index contributed by atoms with van der Waals surface area (Å²) in [7, 11) is 0. The molecule has 1 aromatic carbocycles. The van der Waals surface area contributed by atoms with Gasteiger partial charge in [0.2, 0.25) is 0 Å². The normalized spacial score (nSPS) is 14.6. The SMILES string of the molecule is CCOC(=O)c1c(Nc2nc3ccccc3nc2N2CCCCCC2)sc(C)c1C. The second-order valence-corrected chi connectivity index (χ2v) is 8.84. The number of carbonyl (C=O) groups is 1. The van der Waals surface area contributed by atoms with Crippen molar-refractivity contribution >= 4 is 45.0 Å². The Morgan fingerprint density at radius 2 is 1.77 bits per heavy atom. The monoisotopic (exact) mass is 424 g/mol. The van der Waals surface area contributed by atoms with Gasteiger partial charge >= 0.3 is 5.97 Å². The van der Waals surface area contributed by atoms with Crippen LogP contribution in [0.3, 0.4) is 0 Å². The van der Waals surface area contributed by atoms with E-state index in [-0.39, 0.29) is 5.97 Å². The van der Waals surface area contributed by atoms with E-state index in [1.54, 1.807) is 11.3 Å². The first kappa shape index (κ1) is 20.6. The number of aryl methyl sites for hydroxylation is 1. The smallest absolute Gasteiger partial charge is 0.341 e. The second kappa shape index (κ2) is 9.00. The Morgan fingerprint density at radius 3 is 2.43 bits per heavy atom. The molecule has 0 radical (unpaired) electrons. The minimum atomic E-state index is -0.299. The van der Waals surface area contributed by atoms with Crippen LogP contribution < -0.4 is 10.2 Å². The molecule has 7 heteroatoms. The quantitative estimate of drug-likeness (QED) is 0.537. The Balaban J connectivity index is 1.79. The molecule has 6 nitrogen and oxygen atoms in total. The molecule has 1 N–H and O–H groups in total. The van der Waals surface area contributed by atoms with Gasteiger partial charge in [0.1, 0.15) is 5.00 Å². The van der Waals surface area contributed by atoms with Gasteiger partial charge in [-0.05, 0) is 51.3 Å². The van der Waals surface area contributed by atoms with Crippen LogP contribution in [0.15, 0.2) is 24.3 Å². The van der Waals surface area contributed by atoms with Crippen molar-refractivity contribution in [3.05, 3.63) is 40.3 Å². The number of fused-ring (bicyclic) bond motifs is 1. The molecule has 0 amide bonds. The van der Waals surface area contributed by atoms with Crippen LogP contribution in [0.25, 0.3) is 11.0 Å². The second-order valence-electron chi connectivity index (χ2n) is 7.62. The van der Waals surface area contributed by atoms with E-state index < -0.39 is 0 Å². The fraction of sp³-hybridized carbons (Fsp3) is 0.435. The standard InChI is InChI=1S/C23H28N4O2S/c1-4-29-23(28)19-15(2)16(3)30-22(19)26-20-21(27-13-9-5-6-10-14-27)25-18-12-8-7-11-17(18)24-20/h7-8,11-12H,4-6,9-10,13-14H2,1-3H3,(H,24,26). The van der Waals surface area contributed by atoms with Crippen molar-refractivity contribution in [2.24, 2.45) is 0 Å². The van der Waals surface area contributed by atoms with Gasteiger partial charge in [-0.3, -0.25) is 0 Å². The zero-order valence-electron chi connectivity index (χ0n) is 17.8. The van der Waals surface area contributed by atoms with Crippen LogP contribution in [-0.2, 0) is 4.74 Å². The van der Waals surface area contributed by atoms with Gasteiger partial charge in [0.15, 0.2) is 11.6 Å². The third-order valence-corrected chi connectivity index (χ3v) is 6.68. The van der Waals surface area contributed by atoms with Gasteiger partial charge in [-0.25, -0.2) is 14.8 Å². The van der Waals surface area contributed by atoms with E-state index in [2.05, 4.69) is 10.2 Å². The molecule has 1 aliphatic rings. The number of nitrogens with zero attached hydrogens (tertiary/aromatic N) is 3. The van der Waals surface area contributed by atoms with E-state index >= 15 is 0 Å². The largest absolute Gasteiger partial charge is 0.462 e. The summed E-state index contributed by atoms with van der Waals surface area (Å²) >= 11 is 1.56. The summed E-state index contributed by atoms with van der Waals surface area (Å²) in [6.07, 6.45) is 4.80. The summed E-state index contributed by atoms with van der Waals surface area (Å²) in [6, 6.07) is 7.92. The van der Waals surface area contributed by atoms with Crippen LogP contribution in [0.2, 0.25) is 0 Å². The fourth-order valence-electron chi connectivity index (χ4n) is 3.85. The van der Waals surface area contributed by atoms with Gasteiger partial charge < -0.3 is 15.0 Å². The van der Waals surface area contributed by atoms with Crippen LogP contribution in [0, 0.1) is 13.8 Å². The lowest BCUT2D eigenvalue weighted by Crippen LogP contribution is -2.26. The number of rotatable bonds is 5. The maximum absolute atomic E-state index is 12.6. The number of aromatic nitrogens is 2. The molecule has 158 valence electrons. The summed E-state index contributed by atoms with van der Waals surface area (Å²) in [5.74, 6) is 1.25. The fourth-order valence-corrected chi connectivity index (χ4v) is 4.90. The van der Waals surface area contributed by atoms with Crippen LogP contribution in [0.5, 0.6) is 0 Å². The molecule has 3 heterocycles. The van der Waals surface area contributed by atoms with Crippen LogP contribution >= 0.6 is 11.3 Å². The molecule has 0 aliphatic carbocycles. The zero-order valence-corrected chi connectivity index (χ0v) is 18.6. The highest BCUT2D eigenvalue weighted by molar-refractivity contribution is 7.16.